The average molecular weight is 520 g/mol. The predicted molar refractivity (Wildman–Crippen MR) is 131 cm³/mol. The molecule has 3 N–H and O–H groups in total. The van der Waals surface area contributed by atoms with E-state index in [4.69, 9.17) is 16.3 Å². The Bertz CT molecular complexity index is 1130. The summed E-state index contributed by atoms with van der Waals surface area (Å²) in [7, 11) is 0. The fourth-order valence-corrected chi connectivity index (χ4v) is 5.52. The third-order valence-electron chi connectivity index (χ3n) is 6.40. The summed E-state index contributed by atoms with van der Waals surface area (Å²) < 4.78 is 5.69. The molecule has 0 unspecified atom stereocenters. The number of aromatic carboxylic acids is 1. The van der Waals surface area contributed by atoms with E-state index in [9.17, 15) is 24.3 Å². The number of carboxylic acid groups (broad SMARTS) is 1. The van der Waals surface area contributed by atoms with Gasteiger partial charge < -0.3 is 25.4 Å². The molecule has 1 saturated carbocycles. The second kappa shape index (κ2) is 11.2. The van der Waals surface area contributed by atoms with E-state index in [1.54, 1.807) is 24.3 Å². The number of carboxylic acids is 1. The molecule has 1 aliphatic heterocycles. The van der Waals surface area contributed by atoms with Crippen molar-refractivity contribution in [3.05, 3.63) is 50.7 Å². The first-order valence-corrected chi connectivity index (χ1v) is 12.6. The first kappa shape index (κ1) is 25.2. The fraction of sp³-hybridized carbons (Fsp3) is 0.417. The van der Waals surface area contributed by atoms with Gasteiger partial charge in [0.05, 0.1) is 27.1 Å². The maximum absolute atomic E-state index is 13.1. The molecule has 2 fully saturated rings. The van der Waals surface area contributed by atoms with Gasteiger partial charge >= 0.3 is 5.97 Å². The van der Waals surface area contributed by atoms with E-state index >= 15 is 0 Å². The summed E-state index contributed by atoms with van der Waals surface area (Å²) in [6.45, 7) is 1.23. The lowest BCUT2D eigenvalue weighted by atomic mass is 9.84. The van der Waals surface area contributed by atoms with Crippen molar-refractivity contribution >= 4 is 52.3 Å². The van der Waals surface area contributed by atoms with E-state index in [0.717, 1.165) is 11.3 Å². The Morgan fingerprint density at radius 3 is 2.57 bits per heavy atom. The molecule has 1 aliphatic carbocycles. The molecule has 0 radical (unpaired) electrons. The molecule has 2 aromatic rings. The largest absolute Gasteiger partial charge is 0.478 e. The van der Waals surface area contributed by atoms with Crippen molar-refractivity contribution in [2.45, 2.75) is 38.3 Å². The van der Waals surface area contributed by atoms with E-state index < -0.39 is 5.97 Å². The third-order valence-corrected chi connectivity index (χ3v) is 7.63. The quantitative estimate of drug-likeness (QED) is 0.515. The predicted octanol–water partition coefficient (Wildman–Crippen LogP) is 3.39. The molecular weight excluding hydrogens is 494 g/mol. The van der Waals surface area contributed by atoms with Crippen LogP contribution in [0.4, 0.5) is 5.69 Å². The molecule has 2 heterocycles. The normalized spacial score (nSPS) is 20.4. The molecule has 4 rings (SSSR count). The van der Waals surface area contributed by atoms with Gasteiger partial charge in [-0.2, -0.15) is 0 Å². The summed E-state index contributed by atoms with van der Waals surface area (Å²) in [5, 5.41) is 15.2. The Morgan fingerprint density at radius 1 is 1.14 bits per heavy atom. The SMILES string of the molecule is O=C(NCc1cccc(C(=O)O)c1NC(=O)C1CCC(N2CCOCC2=O)CC1)c1ccc(Cl)s1. The highest BCUT2D eigenvalue weighted by Gasteiger charge is 2.33. The Labute approximate surface area is 211 Å². The van der Waals surface area contributed by atoms with Gasteiger partial charge in [0, 0.05) is 25.0 Å². The first-order valence-electron chi connectivity index (χ1n) is 11.4. The van der Waals surface area contributed by atoms with Crippen LogP contribution in [0.2, 0.25) is 4.34 Å². The van der Waals surface area contributed by atoms with Crippen molar-refractivity contribution in [1.29, 1.82) is 0 Å². The van der Waals surface area contributed by atoms with Crippen LogP contribution in [0, 0.1) is 5.92 Å². The number of ether oxygens (including phenoxy) is 1. The second-order valence-corrected chi connectivity index (χ2v) is 10.3. The van der Waals surface area contributed by atoms with Crippen LogP contribution in [0.5, 0.6) is 0 Å². The standard InChI is InChI=1S/C24H26ClN3O6S/c25-19-9-8-18(35-19)23(31)26-12-15-2-1-3-17(24(32)33)21(15)27-22(30)14-4-6-16(7-5-14)28-10-11-34-13-20(28)29/h1-3,8-9,14,16H,4-7,10-13H2,(H,26,31)(H,27,30)(H,32,33). The molecule has 0 spiro atoms. The van der Waals surface area contributed by atoms with Crippen LogP contribution >= 0.6 is 22.9 Å². The van der Waals surface area contributed by atoms with E-state index in [0.29, 0.717) is 53.6 Å². The lowest BCUT2D eigenvalue weighted by Crippen LogP contribution is -2.49. The molecule has 9 nitrogen and oxygen atoms in total. The third kappa shape index (κ3) is 6.01. The molecule has 1 aromatic heterocycles. The van der Waals surface area contributed by atoms with Crippen molar-refractivity contribution < 1.29 is 29.0 Å². The van der Waals surface area contributed by atoms with Crippen LogP contribution < -0.4 is 10.6 Å². The lowest BCUT2D eigenvalue weighted by Gasteiger charge is -2.38. The lowest BCUT2D eigenvalue weighted by molar-refractivity contribution is -0.146. The number of hydrogen-bond donors (Lipinski definition) is 3. The van der Waals surface area contributed by atoms with Gasteiger partial charge in [-0.25, -0.2) is 4.79 Å². The smallest absolute Gasteiger partial charge is 0.337 e. The van der Waals surface area contributed by atoms with Gasteiger partial charge in [0.2, 0.25) is 11.8 Å². The number of halogens is 1. The van der Waals surface area contributed by atoms with Crippen molar-refractivity contribution in [1.82, 2.24) is 10.2 Å². The fourth-order valence-electron chi connectivity index (χ4n) is 4.56. The number of carbonyl (C=O) groups is 4. The number of benzene rings is 1. The van der Waals surface area contributed by atoms with Crippen LogP contribution in [0.1, 0.15) is 51.3 Å². The van der Waals surface area contributed by atoms with Gasteiger partial charge in [-0.1, -0.05) is 23.7 Å². The molecule has 1 aromatic carbocycles. The minimum Gasteiger partial charge on any atom is -0.478 e. The molecule has 2 aliphatic rings. The van der Waals surface area contributed by atoms with Crippen molar-refractivity contribution in [3.8, 4) is 0 Å². The molecule has 35 heavy (non-hydrogen) atoms. The van der Waals surface area contributed by atoms with Gasteiger partial charge in [0.25, 0.3) is 5.91 Å². The first-order chi connectivity index (χ1) is 16.8. The zero-order valence-corrected chi connectivity index (χ0v) is 20.5. The maximum atomic E-state index is 13.1. The number of morpholine rings is 1. The van der Waals surface area contributed by atoms with Crippen LogP contribution in [-0.2, 0) is 20.9 Å². The highest BCUT2D eigenvalue weighted by atomic mass is 35.5. The number of para-hydroxylation sites is 1. The number of nitrogens with zero attached hydrogens (tertiary/aromatic N) is 1. The number of amides is 3. The van der Waals surface area contributed by atoms with Crippen molar-refractivity contribution in [2.24, 2.45) is 5.92 Å². The molecule has 186 valence electrons. The second-order valence-electron chi connectivity index (χ2n) is 8.57. The highest BCUT2D eigenvalue weighted by Crippen LogP contribution is 2.31. The summed E-state index contributed by atoms with van der Waals surface area (Å²) in [5.41, 5.74) is 0.624. The summed E-state index contributed by atoms with van der Waals surface area (Å²) in [4.78, 5) is 51.8. The van der Waals surface area contributed by atoms with Gasteiger partial charge in [-0.15, -0.1) is 11.3 Å². The Kier molecular flexibility index (Phi) is 8.04. The topological polar surface area (TPSA) is 125 Å². The number of rotatable bonds is 7. The molecular formula is C24H26ClN3O6S. The van der Waals surface area contributed by atoms with Crippen LogP contribution in [0.15, 0.2) is 30.3 Å². The highest BCUT2D eigenvalue weighted by molar-refractivity contribution is 7.18. The van der Waals surface area contributed by atoms with Gasteiger partial charge in [-0.3, -0.25) is 14.4 Å². The number of thiophene rings is 1. The Balaban J connectivity index is 1.42. The minimum atomic E-state index is -1.17. The van der Waals surface area contributed by atoms with Gasteiger partial charge in [0.15, 0.2) is 0 Å². The minimum absolute atomic E-state index is 0.0176. The van der Waals surface area contributed by atoms with Crippen LogP contribution in [0.25, 0.3) is 0 Å². The van der Waals surface area contributed by atoms with Crippen molar-refractivity contribution in [3.63, 3.8) is 0 Å². The molecule has 0 bridgehead atoms. The molecule has 1 saturated heterocycles. The molecule has 11 heteroatoms. The molecule has 0 atom stereocenters. The summed E-state index contributed by atoms with van der Waals surface area (Å²) in [6, 6.07) is 8.00. The Hall–Kier alpha value is -2.95. The summed E-state index contributed by atoms with van der Waals surface area (Å²) in [5.74, 6) is -2.08. The van der Waals surface area contributed by atoms with E-state index in [-0.39, 0.29) is 54.1 Å². The number of hydrogen-bond acceptors (Lipinski definition) is 6. The zero-order valence-electron chi connectivity index (χ0n) is 18.9. The van der Waals surface area contributed by atoms with Gasteiger partial charge in [0.1, 0.15) is 6.61 Å². The van der Waals surface area contributed by atoms with Crippen LogP contribution in [0.3, 0.4) is 0 Å². The molecule has 3 amide bonds. The monoisotopic (exact) mass is 519 g/mol. The number of nitrogens with one attached hydrogen (secondary N) is 2. The zero-order chi connectivity index (χ0) is 24.9. The Morgan fingerprint density at radius 2 is 1.91 bits per heavy atom. The summed E-state index contributed by atoms with van der Waals surface area (Å²) in [6.07, 6.45) is 2.61. The van der Waals surface area contributed by atoms with E-state index in [2.05, 4.69) is 10.6 Å². The van der Waals surface area contributed by atoms with Gasteiger partial charge in [-0.05, 0) is 49.4 Å². The van der Waals surface area contributed by atoms with Crippen LogP contribution in [-0.4, -0.2) is 59.5 Å². The van der Waals surface area contributed by atoms with E-state index in [1.165, 1.54) is 6.07 Å². The number of anilines is 1. The average Bonchev–Trinajstić information content (AvgIpc) is 3.29. The summed E-state index contributed by atoms with van der Waals surface area (Å²) >= 11 is 7.04. The number of carbonyl (C=O) groups excluding carboxylic acids is 3. The maximum Gasteiger partial charge on any atom is 0.337 e. The van der Waals surface area contributed by atoms with Crippen molar-refractivity contribution in [2.75, 3.05) is 25.1 Å². The van der Waals surface area contributed by atoms with E-state index in [1.807, 2.05) is 4.90 Å².